The number of benzene rings is 1. The SMILES string of the molecule is Cn1cnnc1C1(F)CCN(c2c(C#N)cc(C(F)(F)F)cc2-c2cnc3nc(C(F)(F)F)cn3c2)CC1. The molecule has 0 spiro atoms. The average Bonchev–Trinajstić information content (AvgIpc) is 3.49. The molecule has 1 aliphatic heterocycles. The van der Waals surface area contributed by atoms with Gasteiger partial charge in [0.2, 0.25) is 5.78 Å². The molecule has 38 heavy (non-hydrogen) atoms. The van der Waals surface area contributed by atoms with Crippen molar-refractivity contribution in [3.05, 3.63) is 59.7 Å². The van der Waals surface area contributed by atoms with Gasteiger partial charge in [-0.2, -0.15) is 31.6 Å². The molecular weight excluding hydrogens is 521 g/mol. The summed E-state index contributed by atoms with van der Waals surface area (Å²) in [5.41, 5.74) is -4.47. The molecule has 0 amide bonds. The van der Waals surface area contributed by atoms with E-state index in [1.54, 1.807) is 18.0 Å². The summed E-state index contributed by atoms with van der Waals surface area (Å²) < 4.78 is 98.6. The number of imidazole rings is 1. The van der Waals surface area contributed by atoms with E-state index in [4.69, 9.17) is 0 Å². The van der Waals surface area contributed by atoms with Gasteiger partial charge in [0.1, 0.15) is 12.4 Å². The van der Waals surface area contributed by atoms with E-state index in [0.29, 0.717) is 12.3 Å². The molecular formula is C23H17F7N8. The van der Waals surface area contributed by atoms with E-state index >= 15 is 4.39 Å². The number of aromatic nitrogens is 6. The number of nitrogens with zero attached hydrogens (tertiary/aromatic N) is 8. The highest BCUT2D eigenvalue weighted by atomic mass is 19.4. The fraction of sp³-hybridized carbons (Fsp3) is 0.348. The minimum absolute atomic E-state index is 0.0200. The minimum Gasteiger partial charge on any atom is -0.370 e. The maximum atomic E-state index is 15.7. The lowest BCUT2D eigenvalue weighted by atomic mass is 9.90. The first-order valence-corrected chi connectivity index (χ1v) is 11.2. The number of rotatable bonds is 3. The first-order valence-electron chi connectivity index (χ1n) is 11.2. The van der Waals surface area contributed by atoms with E-state index in [2.05, 4.69) is 20.2 Å². The van der Waals surface area contributed by atoms with Crippen LogP contribution in [0.5, 0.6) is 0 Å². The van der Waals surface area contributed by atoms with Crippen LogP contribution in [0, 0.1) is 11.3 Å². The number of aryl methyl sites for hydroxylation is 1. The predicted octanol–water partition coefficient (Wildman–Crippen LogP) is 4.90. The lowest BCUT2D eigenvalue weighted by molar-refractivity contribution is -0.141. The third-order valence-corrected chi connectivity index (χ3v) is 6.45. The Morgan fingerprint density at radius 1 is 1.03 bits per heavy atom. The van der Waals surface area contributed by atoms with Gasteiger partial charge < -0.3 is 9.47 Å². The van der Waals surface area contributed by atoms with Crippen LogP contribution < -0.4 is 4.90 Å². The number of anilines is 1. The predicted molar refractivity (Wildman–Crippen MR) is 118 cm³/mol. The van der Waals surface area contributed by atoms with Gasteiger partial charge in [0, 0.05) is 62.7 Å². The van der Waals surface area contributed by atoms with Gasteiger partial charge in [-0.3, -0.25) is 4.40 Å². The highest BCUT2D eigenvalue weighted by Crippen LogP contribution is 2.43. The Kier molecular flexibility index (Phi) is 5.80. The van der Waals surface area contributed by atoms with Crippen LogP contribution in [0.4, 0.5) is 36.4 Å². The molecule has 15 heteroatoms. The summed E-state index contributed by atoms with van der Waals surface area (Å²) in [6, 6.07) is 3.29. The Morgan fingerprint density at radius 3 is 2.32 bits per heavy atom. The summed E-state index contributed by atoms with van der Waals surface area (Å²) in [7, 11) is 1.59. The number of halogens is 7. The van der Waals surface area contributed by atoms with Gasteiger partial charge >= 0.3 is 12.4 Å². The van der Waals surface area contributed by atoms with Crippen molar-refractivity contribution >= 4 is 11.5 Å². The standard InChI is InChI=1S/C23H17F7N8/c1-36-12-33-35-19(36)21(24)2-4-37(5-3-21)18-13(8-31)6-15(22(25,26)27)7-16(18)14-9-32-20-34-17(23(28,29)30)11-38(20)10-14/h6-7,9-12H,2-5H2,1H3. The zero-order valence-electron chi connectivity index (χ0n) is 19.5. The Hall–Kier alpha value is -4.22. The monoisotopic (exact) mass is 538 g/mol. The Bertz CT molecular complexity index is 1550. The first-order chi connectivity index (χ1) is 17.8. The molecule has 198 valence electrons. The van der Waals surface area contributed by atoms with Gasteiger partial charge in [-0.1, -0.05) is 0 Å². The third kappa shape index (κ3) is 4.39. The first kappa shape index (κ1) is 25.4. The van der Waals surface area contributed by atoms with Gasteiger partial charge in [0.15, 0.2) is 17.2 Å². The molecule has 4 heterocycles. The second-order valence-corrected chi connectivity index (χ2v) is 8.92. The van der Waals surface area contributed by atoms with Crippen LogP contribution in [0.1, 0.15) is 35.5 Å². The average molecular weight is 538 g/mol. The second-order valence-electron chi connectivity index (χ2n) is 8.92. The summed E-state index contributed by atoms with van der Waals surface area (Å²) in [5.74, 6) is -0.195. The molecule has 0 aliphatic carbocycles. The topological polar surface area (TPSA) is 87.9 Å². The smallest absolute Gasteiger partial charge is 0.370 e. The highest BCUT2D eigenvalue weighted by Gasteiger charge is 2.42. The van der Waals surface area contributed by atoms with Gasteiger partial charge in [-0.05, 0) is 12.1 Å². The van der Waals surface area contributed by atoms with Crippen molar-refractivity contribution in [1.82, 2.24) is 29.1 Å². The fourth-order valence-corrected chi connectivity index (χ4v) is 4.60. The molecule has 0 bridgehead atoms. The molecule has 4 aromatic rings. The Balaban J connectivity index is 1.61. The van der Waals surface area contributed by atoms with Crippen LogP contribution in [0.2, 0.25) is 0 Å². The summed E-state index contributed by atoms with van der Waals surface area (Å²) in [6.45, 7) is 0.0464. The van der Waals surface area contributed by atoms with E-state index in [0.717, 1.165) is 22.9 Å². The number of alkyl halides is 7. The number of hydrogen-bond donors (Lipinski definition) is 0. The molecule has 0 radical (unpaired) electrons. The van der Waals surface area contributed by atoms with Crippen LogP contribution in [0.3, 0.4) is 0 Å². The quantitative estimate of drug-likeness (QED) is 0.345. The maximum absolute atomic E-state index is 15.7. The van der Waals surface area contributed by atoms with Crippen molar-refractivity contribution in [3.8, 4) is 17.2 Å². The van der Waals surface area contributed by atoms with Crippen molar-refractivity contribution in [3.63, 3.8) is 0 Å². The summed E-state index contributed by atoms with van der Waals surface area (Å²) in [5, 5.41) is 17.3. The lowest BCUT2D eigenvalue weighted by Gasteiger charge is -2.38. The van der Waals surface area contributed by atoms with E-state index < -0.39 is 29.3 Å². The van der Waals surface area contributed by atoms with Gasteiger partial charge in [-0.15, -0.1) is 10.2 Å². The Morgan fingerprint density at radius 2 is 1.74 bits per heavy atom. The van der Waals surface area contributed by atoms with Gasteiger partial charge in [0.05, 0.1) is 16.8 Å². The molecule has 0 saturated carbocycles. The van der Waals surface area contributed by atoms with Gasteiger partial charge in [-0.25, -0.2) is 14.4 Å². The van der Waals surface area contributed by atoms with Crippen LogP contribution >= 0.6 is 0 Å². The summed E-state index contributed by atoms with van der Waals surface area (Å²) in [4.78, 5) is 8.87. The third-order valence-electron chi connectivity index (χ3n) is 6.45. The summed E-state index contributed by atoms with van der Waals surface area (Å²) >= 11 is 0. The fourth-order valence-electron chi connectivity index (χ4n) is 4.60. The van der Waals surface area contributed by atoms with Crippen LogP contribution in [0.15, 0.2) is 37.1 Å². The molecule has 1 saturated heterocycles. The van der Waals surface area contributed by atoms with Crippen LogP contribution in [0.25, 0.3) is 16.9 Å². The Labute approximate surface area is 210 Å². The number of piperidine rings is 1. The zero-order valence-corrected chi connectivity index (χ0v) is 19.5. The molecule has 0 unspecified atom stereocenters. The number of fused-ring (bicyclic) bond motifs is 1. The van der Waals surface area contributed by atoms with E-state index in [9.17, 15) is 31.6 Å². The molecule has 0 N–H and O–H groups in total. The van der Waals surface area contributed by atoms with E-state index in [1.807, 2.05) is 0 Å². The number of nitriles is 1. The molecule has 0 atom stereocenters. The highest BCUT2D eigenvalue weighted by molar-refractivity contribution is 5.83. The largest absolute Gasteiger partial charge is 0.434 e. The number of hydrogen-bond acceptors (Lipinski definition) is 6. The van der Waals surface area contributed by atoms with E-state index in [1.165, 1.54) is 10.9 Å². The zero-order chi connectivity index (χ0) is 27.5. The van der Waals surface area contributed by atoms with Crippen molar-refractivity contribution in [2.24, 2.45) is 7.05 Å². The lowest BCUT2D eigenvalue weighted by Crippen LogP contribution is -2.42. The molecule has 8 nitrogen and oxygen atoms in total. The molecule has 5 rings (SSSR count). The van der Waals surface area contributed by atoms with Crippen LogP contribution in [-0.4, -0.2) is 42.2 Å². The molecule has 1 aromatic carbocycles. The van der Waals surface area contributed by atoms with Crippen molar-refractivity contribution in [2.75, 3.05) is 18.0 Å². The normalized spacial score (nSPS) is 16.1. The van der Waals surface area contributed by atoms with Crippen molar-refractivity contribution < 1.29 is 30.7 Å². The van der Waals surface area contributed by atoms with Crippen LogP contribution in [-0.2, 0) is 25.1 Å². The minimum atomic E-state index is -4.81. The van der Waals surface area contributed by atoms with Gasteiger partial charge in [0.25, 0.3) is 0 Å². The second kappa shape index (κ2) is 8.67. The molecule has 3 aromatic heterocycles. The molecule has 1 fully saturated rings. The van der Waals surface area contributed by atoms with Crippen molar-refractivity contribution in [1.29, 1.82) is 5.26 Å². The molecule has 1 aliphatic rings. The summed E-state index contributed by atoms with van der Waals surface area (Å²) in [6.07, 6.45) is -5.46. The van der Waals surface area contributed by atoms with Crippen molar-refractivity contribution in [2.45, 2.75) is 30.9 Å². The van der Waals surface area contributed by atoms with E-state index in [-0.39, 0.29) is 59.9 Å². The maximum Gasteiger partial charge on any atom is 0.434 e.